The number of aldehydes is 1. The third kappa shape index (κ3) is 1.83. The third-order valence-electron chi connectivity index (χ3n) is 3.08. The topological polar surface area (TPSA) is 32.9 Å². The van der Waals surface area contributed by atoms with Crippen molar-refractivity contribution in [1.82, 2.24) is 4.98 Å². The zero-order valence-corrected chi connectivity index (χ0v) is 10.5. The maximum Gasteiger partial charge on any atom is 0.152 e. The molecule has 0 unspecified atom stereocenters. The lowest BCUT2D eigenvalue weighted by Crippen LogP contribution is -1.85. The molecule has 0 aliphatic rings. The van der Waals surface area contributed by atoms with Crippen molar-refractivity contribution in [3.63, 3.8) is 0 Å². The predicted molar refractivity (Wildman–Crippen MR) is 74.1 cm³/mol. The number of benzene rings is 2. The Morgan fingerprint density at radius 2 is 1.89 bits per heavy atom. The zero-order valence-electron chi connectivity index (χ0n) is 9.78. The molecule has 0 spiro atoms. The van der Waals surface area contributed by atoms with Gasteiger partial charge in [0.05, 0.1) is 11.2 Å². The summed E-state index contributed by atoms with van der Waals surface area (Å²) in [6.07, 6.45) is 0.719. The Kier molecular flexibility index (Phi) is 2.84. The van der Waals surface area contributed by atoms with E-state index in [-0.39, 0.29) is 5.82 Å². The smallest absolute Gasteiger partial charge is 0.152 e. The lowest BCUT2D eigenvalue weighted by molar-refractivity contribution is 0.112. The van der Waals surface area contributed by atoms with E-state index >= 15 is 0 Å². The number of nitrogens with one attached hydrogen (secondary N) is 1. The first-order valence-corrected chi connectivity index (χ1v) is 6.10. The average Bonchev–Trinajstić information content (AvgIpc) is 2.79. The molecule has 2 nitrogen and oxygen atoms in total. The molecule has 0 saturated heterocycles. The average molecular weight is 274 g/mol. The second kappa shape index (κ2) is 4.52. The lowest BCUT2D eigenvalue weighted by Gasteiger charge is -2.02. The Morgan fingerprint density at radius 1 is 1.11 bits per heavy atom. The summed E-state index contributed by atoms with van der Waals surface area (Å²) in [5.74, 6) is -0.390. The van der Waals surface area contributed by atoms with Gasteiger partial charge in [0.1, 0.15) is 5.82 Å². The number of para-hydroxylation sites is 1. The number of H-pyrrole nitrogens is 1. The van der Waals surface area contributed by atoms with Crippen LogP contribution in [0.25, 0.3) is 22.2 Å². The van der Waals surface area contributed by atoms with E-state index in [4.69, 9.17) is 11.6 Å². The number of aromatic nitrogens is 1. The van der Waals surface area contributed by atoms with Crippen molar-refractivity contribution in [2.75, 3.05) is 0 Å². The molecular formula is C15H9ClFNO. The van der Waals surface area contributed by atoms with Gasteiger partial charge in [-0.2, -0.15) is 0 Å². The van der Waals surface area contributed by atoms with Crippen LogP contribution in [0.2, 0.25) is 5.02 Å². The molecule has 0 saturated carbocycles. The molecule has 3 aromatic rings. The molecule has 0 bridgehead atoms. The second-order valence-electron chi connectivity index (χ2n) is 4.17. The number of aromatic amines is 1. The highest BCUT2D eigenvalue weighted by Gasteiger charge is 2.16. The lowest BCUT2D eigenvalue weighted by atomic mass is 10.1. The number of carbonyl (C=O) groups is 1. The van der Waals surface area contributed by atoms with Crippen LogP contribution in [-0.2, 0) is 0 Å². The summed E-state index contributed by atoms with van der Waals surface area (Å²) in [4.78, 5) is 14.3. The highest BCUT2D eigenvalue weighted by Crippen LogP contribution is 2.33. The molecule has 1 aromatic heterocycles. The van der Waals surface area contributed by atoms with Crippen LogP contribution in [0.5, 0.6) is 0 Å². The molecule has 3 rings (SSSR count). The first kappa shape index (κ1) is 11.9. The molecule has 0 amide bonds. The van der Waals surface area contributed by atoms with E-state index < -0.39 is 0 Å². The van der Waals surface area contributed by atoms with Crippen LogP contribution in [0.15, 0.2) is 42.5 Å². The maximum atomic E-state index is 13.8. The number of carbonyl (C=O) groups excluding carboxylic acids is 1. The van der Waals surface area contributed by atoms with Gasteiger partial charge in [0, 0.05) is 21.5 Å². The van der Waals surface area contributed by atoms with Crippen LogP contribution in [0.3, 0.4) is 0 Å². The Bertz CT molecular complexity index is 779. The van der Waals surface area contributed by atoms with Gasteiger partial charge in [-0.1, -0.05) is 41.9 Å². The number of hydrogen-bond acceptors (Lipinski definition) is 1. The van der Waals surface area contributed by atoms with Crippen LogP contribution in [0.1, 0.15) is 10.4 Å². The second-order valence-corrected chi connectivity index (χ2v) is 4.58. The van der Waals surface area contributed by atoms with Gasteiger partial charge in [-0.15, -0.1) is 0 Å². The summed E-state index contributed by atoms with van der Waals surface area (Å²) in [7, 11) is 0. The van der Waals surface area contributed by atoms with E-state index in [1.165, 1.54) is 6.07 Å². The molecule has 0 fully saturated rings. The quantitative estimate of drug-likeness (QED) is 0.688. The van der Waals surface area contributed by atoms with Crippen molar-refractivity contribution in [3.05, 3.63) is 58.9 Å². The number of halogens is 2. The molecule has 0 atom stereocenters. The highest BCUT2D eigenvalue weighted by molar-refractivity contribution is 6.33. The summed E-state index contributed by atoms with van der Waals surface area (Å²) >= 11 is 6.13. The molecule has 19 heavy (non-hydrogen) atoms. The summed E-state index contributed by atoms with van der Waals surface area (Å²) in [5, 5.41) is 1.07. The summed E-state index contributed by atoms with van der Waals surface area (Å²) in [6, 6.07) is 11.8. The maximum absolute atomic E-state index is 13.8. The van der Waals surface area contributed by atoms with Crippen LogP contribution in [-0.4, -0.2) is 11.3 Å². The van der Waals surface area contributed by atoms with E-state index in [9.17, 15) is 9.18 Å². The van der Waals surface area contributed by atoms with Crippen LogP contribution in [0.4, 0.5) is 4.39 Å². The summed E-state index contributed by atoms with van der Waals surface area (Å²) in [5.41, 5.74) is 1.96. The number of rotatable bonds is 2. The first-order chi connectivity index (χ1) is 9.22. The fourth-order valence-electron chi connectivity index (χ4n) is 2.20. The minimum absolute atomic E-state index is 0.319. The van der Waals surface area contributed by atoms with Crippen molar-refractivity contribution in [3.8, 4) is 11.3 Å². The van der Waals surface area contributed by atoms with E-state index in [0.717, 1.165) is 6.29 Å². The SMILES string of the molecule is O=Cc1c(-c2ccccc2Cl)[nH]c2c(F)cccc12. The van der Waals surface area contributed by atoms with Crippen molar-refractivity contribution in [2.24, 2.45) is 0 Å². The molecule has 0 aliphatic carbocycles. The number of fused-ring (bicyclic) bond motifs is 1. The van der Waals surface area contributed by atoms with Gasteiger partial charge in [0.2, 0.25) is 0 Å². The molecule has 94 valence electrons. The zero-order chi connectivity index (χ0) is 13.4. The van der Waals surface area contributed by atoms with Gasteiger partial charge >= 0.3 is 0 Å². The van der Waals surface area contributed by atoms with Crippen molar-refractivity contribution in [1.29, 1.82) is 0 Å². The van der Waals surface area contributed by atoms with E-state index in [0.29, 0.717) is 32.7 Å². The van der Waals surface area contributed by atoms with E-state index in [2.05, 4.69) is 4.98 Å². The fourth-order valence-corrected chi connectivity index (χ4v) is 2.43. The minimum Gasteiger partial charge on any atom is -0.351 e. The van der Waals surface area contributed by atoms with Crippen LogP contribution < -0.4 is 0 Å². The Hall–Kier alpha value is -2.13. The first-order valence-electron chi connectivity index (χ1n) is 5.72. The van der Waals surface area contributed by atoms with Crippen molar-refractivity contribution < 1.29 is 9.18 Å². The summed E-state index contributed by atoms with van der Waals surface area (Å²) < 4.78 is 13.8. The predicted octanol–water partition coefficient (Wildman–Crippen LogP) is 4.44. The molecule has 2 aromatic carbocycles. The van der Waals surface area contributed by atoms with E-state index in [1.807, 2.05) is 6.07 Å². The van der Waals surface area contributed by atoms with Gasteiger partial charge < -0.3 is 4.98 Å². The normalized spacial score (nSPS) is 10.8. The molecule has 0 aliphatic heterocycles. The standard InChI is InChI=1S/C15H9ClFNO/c16-12-6-2-1-4-10(12)14-11(8-19)9-5-3-7-13(17)15(9)18-14/h1-8,18H. The largest absolute Gasteiger partial charge is 0.351 e. The third-order valence-corrected chi connectivity index (χ3v) is 3.41. The van der Waals surface area contributed by atoms with Gasteiger partial charge in [0.15, 0.2) is 6.29 Å². The van der Waals surface area contributed by atoms with Crippen molar-refractivity contribution in [2.45, 2.75) is 0 Å². The highest BCUT2D eigenvalue weighted by atomic mass is 35.5. The monoisotopic (exact) mass is 273 g/mol. The van der Waals surface area contributed by atoms with Gasteiger partial charge in [-0.25, -0.2) is 4.39 Å². The van der Waals surface area contributed by atoms with Crippen molar-refractivity contribution >= 4 is 28.8 Å². The molecule has 1 N–H and O–H groups in total. The Balaban J connectivity index is 2.39. The Labute approximate surface area is 113 Å². The fraction of sp³-hybridized carbons (Fsp3) is 0. The number of hydrogen-bond donors (Lipinski definition) is 1. The minimum atomic E-state index is -0.390. The molecular weight excluding hydrogens is 265 g/mol. The van der Waals surface area contributed by atoms with Crippen LogP contribution in [0, 0.1) is 5.82 Å². The van der Waals surface area contributed by atoms with E-state index in [1.54, 1.807) is 30.3 Å². The van der Waals surface area contributed by atoms with Gasteiger partial charge in [-0.05, 0) is 12.1 Å². The summed E-state index contributed by atoms with van der Waals surface area (Å²) in [6.45, 7) is 0. The van der Waals surface area contributed by atoms with Gasteiger partial charge in [-0.3, -0.25) is 4.79 Å². The van der Waals surface area contributed by atoms with Crippen LogP contribution >= 0.6 is 11.6 Å². The Morgan fingerprint density at radius 3 is 2.63 bits per heavy atom. The molecule has 4 heteroatoms. The molecule has 0 radical (unpaired) electrons. The van der Waals surface area contributed by atoms with Gasteiger partial charge in [0.25, 0.3) is 0 Å². The molecule has 1 heterocycles.